The number of hydrogen-bond donors (Lipinski definition) is 1. The maximum atomic E-state index is 9.32. The molecule has 0 aliphatic carbocycles. The molecule has 1 nitrogen and oxygen atoms in total. The average molecular weight is 364 g/mol. The Morgan fingerprint density at radius 3 is 2.60 bits per heavy atom. The van der Waals surface area contributed by atoms with Crippen LogP contribution in [0.3, 0.4) is 0 Å². The fraction of sp³-hybridized carbons (Fsp3) is 0.429. The highest BCUT2D eigenvalue weighted by Crippen LogP contribution is 2.08. The molecule has 0 aromatic carbocycles. The van der Waals surface area contributed by atoms with Crippen LogP contribution in [0.15, 0.2) is 19.8 Å². The molecule has 1 atom stereocenters. The van der Waals surface area contributed by atoms with Crippen LogP contribution in [0, 0.1) is 0 Å². The highest BCUT2D eigenvalue weighted by atomic mass is 127. The topological polar surface area (TPSA) is 20.2 Å². The molecule has 1 N–H and O–H groups in total. The molecule has 0 unspecified atom stereocenters. The van der Waals surface area contributed by atoms with Crippen LogP contribution >= 0.6 is 45.2 Å². The summed E-state index contributed by atoms with van der Waals surface area (Å²) in [4.78, 5) is 0. The number of aliphatic hydroxyl groups excluding tert-OH is 1. The van der Waals surface area contributed by atoms with Gasteiger partial charge in [0, 0.05) is 0 Å². The molecule has 0 saturated heterocycles. The van der Waals surface area contributed by atoms with Crippen molar-refractivity contribution >= 4 is 45.2 Å². The van der Waals surface area contributed by atoms with Gasteiger partial charge in [-0.05, 0) is 27.1 Å². The molecule has 0 fully saturated rings. The summed E-state index contributed by atoms with van der Waals surface area (Å²) in [5, 5.41) is 9.32. The third kappa shape index (κ3) is 4.68. The lowest BCUT2D eigenvalue weighted by Crippen LogP contribution is -2.05. The summed E-state index contributed by atoms with van der Waals surface area (Å²) in [5.41, 5.74) is 1.02. The standard InChI is InChI=1S/C7H10I2O/c1-6(5-9)7(10)3-2-4-8/h2,4-5,7,10H,3H2,1H3/b4-2+,6-5+/t7-/m0/s1. The molecule has 0 aromatic heterocycles. The van der Waals surface area contributed by atoms with Crippen LogP contribution in [-0.4, -0.2) is 11.2 Å². The molecular weight excluding hydrogens is 354 g/mol. The second kappa shape index (κ2) is 6.60. The second-order valence-electron chi connectivity index (χ2n) is 1.97. The quantitative estimate of drug-likeness (QED) is 0.764. The first-order valence-electron chi connectivity index (χ1n) is 2.92. The lowest BCUT2D eigenvalue weighted by atomic mass is 10.1. The van der Waals surface area contributed by atoms with Gasteiger partial charge in [-0.25, -0.2) is 0 Å². The Hall–Kier alpha value is 0.900. The van der Waals surface area contributed by atoms with Crippen LogP contribution in [0.5, 0.6) is 0 Å². The second-order valence-corrected chi connectivity index (χ2v) is 3.31. The molecule has 0 spiro atoms. The molecule has 0 bridgehead atoms. The van der Waals surface area contributed by atoms with E-state index in [-0.39, 0.29) is 6.10 Å². The summed E-state index contributed by atoms with van der Waals surface area (Å²) < 4.78 is 3.82. The van der Waals surface area contributed by atoms with Gasteiger partial charge in [0.15, 0.2) is 0 Å². The van der Waals surface area contributed by atoms with Gasteiger partial charge >= 0.3 is 0 Å². The van der Waals surface area contributed by atoms with Crippen LogP contribution < -0.4 is 0 Å². The van der Waals surface area contributed by atoms with Crippen molar-refractivity contribution in [2.75, 3.05) is 0 Å². The Morgan fingerprint density at radius 1 is 1.60 bits per heavy atom. The normalized spacial score (nSPS) is 16.2. The molecule has 0 saturated carbocycles. The average Bonchev–Trinajstić information content (AvgIpc) is 1.98. The van der Waals surface area contributed by atoms with Crippen LogP contribution in [0.1, 0.15) is 13.3 Å². The molecule has 0 aliphatic heterocycles. The fourth-order valence-corrected chi connectivity index (χ4v) is 1.15. The first-order valence-corrected chi connectivity index (χ1v) is 5.41. The smallest absolute Gasteiger partial charge is 0.0789 e. The van der Waals surface area contributed by atoms with Gasteiger partial charge < -0.3 is 5.11 Å². The Labute approximate surface area is 88.9 Å². The summed E-state index contributed by atoms with van der Waals surface area (Å²) in [5.74, 6) is 0. The van der Waals surface area contributed by atoms with Crippen LogP contribution in [0.25, 0.3) is 0 Å². The molecule has 3 heteroatoms. The summed E-state index contributed by atoms with van der Waals surface area (Å²) in [6.07, 6.45) is 2.37. The molecular formula is C7H10I2O. The maximum Gasteiger partial charge on any atom is 0.0789 e. The Bertz CT molecular complexity index is 141. The SMILES string of the molecule is C/C(=C\I)[C@@H](O)C/C=C/I. The zero-order chi connectivity index (χ0) is 7.98. The lowest BCUT2D eigenvalue weighted by molar-refractivity contribution is 0.215. The molecule has 10 heavy (non-hydrogen) atoms. The third-order valence-electron chi connectivity index (χ3n) is 1.15. The van der Waals surface area contributed by atoms with E-state index in [9.17, 15) is 5.11 Å². The first-order chi connectivity index (χ1) is 4.72. The van der Waals surface area contributed by atoms with Crippen LogP contribution in [0.4, 0.5) is 0 Å². The van der Waals surface area contributed by atoms with E-state index < -0.39 is 0 Å². The van der Waals surface area contributed by atoms with E-state index >= 15 is 0 Å². The summed E-state index contributed by atoms with van der Waals surface area (Å²) in [6, 6.07) is 0. The molecule has 0 radical (unpaired) electrons. The van der Waals surface area contributed by atoms with Gasteiger partial charge in [-0.3, -0.25) is 0 Å². The Kier molecular flexibility index (Phi) is 7.19. The van der Waals surface area contributed by atoms with Gasteiger partial charge in [0.25, 0.3) is 0 Å². The van der Waals surface area contributed by atoms with Gasteiger partial charge in [0.05, 0.1) is 6.10 Å². The van der Waals surface area contributed by atoms with Gasteiger partial charge in [-0.2, -0.15) is 0 Å². The van der Waals surface area contributed by atoms with Crippen LogP contribution in [-0.2, 0) is 0 Å². The minimum atomic E-state index is -0.303. The number of halogens is 2. The third-order valence-corrected chi connectivity index (χ3v) is 2.64. The van der Waals surface area contributed by atoms with E-state index in [1.165, 1.54) is 0 Å². The van der Waals surface area contributed by atoms with E-state index in [4.69, 9.17) is 0 Å². The van der Waals surface area contributed by atoms with Crippen molar-refractivity contribution in [1.29, 1.82) is 0 Å². The highest BCUT2D eigenvalue weighted by molar-refractivity contribution is 14.1. The van der Waals surface area contributed by atoms with E-state index in [0.29, 0.717) is 6.42 Å². The Balaban J connectivity index is 3.73. The van der Waals surface area contributed by atoms with E-state index in [1.54, 1.807) is 0 Å². The van der Waals surface area contributed by atoms with Crippen molar-refractivity contribution in [3.63, 3.8) is 0 Å². The highest BCUT2D eigenvalue weighted by Gasteiger charge is 2.01. The van der Waals surface area contributed by atoms with Crippen molar-refractivity contribution in [2.24, 2.45) is 0 Å². The number of aliphatic hydroxyl groups is 1. The zero-order valence-corrected chi connectivity index (χ0v) is 10.0. The predicted molar refractivity (Wildman–Crippen MR) is 61.6 cm³/mol. The fourth-order valence-electron chi connectivity index (χ4n) is 0.439. The predicted octanol–water partition coefficient (Wildman–Crippen LogP) is 3.02. The van der Waals surface area contributed by atoms with E-state index in [1.807, 2.05) is 21.2 Å². The van der Waals surface area contributed by atoms with E-state index in [2.05, 4.69) is 45.2 Å². The van der Waals surface area contributed by atoms with Gasteiger partial charge in [0.1, 0.15) is 0 Å². The van der Waals surface area contributed by atoms with Gasteiger partial charge in [-0.15, -0.1) is 0 Å². The van der Waals surface area contributed by atoms with Gasteiger partial charge in [0.2, 0.25) is 0 Å². The van der Waals surface area contributed by atoms with Crippen molar-refractivity contribution in [3.8, 4) is 0 Å². The minimum Gasteiger partial charge on any atom is -0.388 e. The summed E-state index contributed by atoms with van der Waals surface area (Å²) in [7, 11) is 0. The molecule has 58 valence electrons. The lowest BCUT2D eigenvalue weighted by Gasteiger charge is -2.05. The zero-order valence-electron chi connectivity index (χ0n) is 5.72. The van der Waals surface area contributed by atoms with Crippen molar-refractivity contribution in [3.05, 3.63) is 19.8 Å². The van der Waals surface area contributed by atoms with Crippen LogP contribution in [0.2, 0.25) is 0 Å². The molecule has 0 heterocycles. The van der Waals surface area contributed by atoms with Crippen molar-refractivity contribution < 1.29 is 5.11 Å². The maximum absolute atomic E-state index is 9.32. The molecule has 0 amide bonds. The van der Waals surface area contributed by atoms with Crippen molar-refractivity contribution in [2.45, 2.75) is 19.4 Å². The monoisotopic (exact) mass is 364 g/mol. The summed E-state index contributed by atoms with van der Waals surface area (Å²) in [6.45, 7) is 1.93. The Morgan fingerprint density at radius 2 is 2.20 bits per heavy atom. The molecule has 0 aromatic rings. The first kappa shape index (κ1) is 10.9. The minimum absolute atomic E-state index is 0.303. The largest absolute Gasteiger partial charge is 0.388 e. The van der Waals surface area contributed by atoms with Crippen molar-refractivity contribution in [1.82, 2.24) is 0 Å². The van der Waals surface area contributed by atoms with E-state index in [0.717, 1.165) is 5.57 Å². The number of rotatable bonds is 3. The molecule has 0 rings (SSSR count). The summed E-state index contributed by atoms with van der Waals surface area (Å²) >= 11 is 4.28. The van der Waals surface area contributed by atoms with Gasteiger partial charge in [-0.1, -0.05) is 51.3 Å². The molecule has 0 aliphatic rings. The number of hydrogen-bond acceptors (Lipinski definition) is 1.